The van der Waals surface area contributed by atoms with Crippen molar-refractivity contribution in [3.8, 4) is 0 Å². The van der Waals surface area contributed by atoms with Crippen LogP contribution in [0.4, 0.5) is 5.69 Å². The van der Waals surface area contributed by atoms with Gasteiger partial charge >= 0.3 is 0 Å². The minimum atomic E-state index is 0. The number of carbonyl (C=O) groups is 1. The van der Waals surface area contributed by atoms with E-state index in [1.165, 1.54) is 17.7 Å². The molecule has 2 heterocycles. The lowest BCUT2D eigenvalue weighted by atomic mass is 10.2. The lowest BCUT2D eigenvalue weighted by Gasteiger charge is -2.27. The molecule has 4 nitrogen and oxygen atoms in total. The van der Waals surface area contributed by atoms with E-state index >= 15 is 0 Å². The Morgan fingerprint density at radius 2 is 1.80 bits per heavy atom. The lowest BCUT2D eigenvalue weighted by Crippen LogP contribution is -2.38. The van der Waals surface area contributed by atoms with Gasteiger partial charge in [-0.15, -0.1) is 36.2 Å². The normalized spacial score (nSPS) is 14.9. The van der Waals surface area contributed by atoms with Crippen LogP contribution in [0.2, 0.25) is 0 Å². The summed E-state index contributed by atoms with van der Waals surface area (Å²) in [5.74, 6) is 0.0367. The molecule has 1 aliphatic rings. The van der Waals surface area contributed by atoms with Crippen molar-refractivity contribution in [2.24, 2.45) is 0 Å². The number of nitrogens with one attached hydrogen (secondary N) is 2. The van der Waals surface area contributed by atoms with Crippen molar-refractivity contribution in [1.29, 1.82) is 0 Å². The van der Waals surface area contributed by atoms with Crippen molar-refractivity contribution in [2.45, 2.75) is 18.9 Å². The van der Waals surface area contributed by atoms with Gasteiger partial charge in [0.15, 0.2) is 0 Å². The van der Waals surface area contributed by atoms with E-state index in [1.54, 1.807) is 11.3 Å². The van der Waals surface area contributed by atoms with E-state index < -0.39 is 0 Å². The molecule has 0 bridgehead atoms. The summed E-state index contributed by atoms with van der Waals surface area (Å²) in [6.45, 7) is 3.23. The number of anilines is 1. The molecule has 1 fully saturated rings. The van der Waals surface area contributed by atoms with Crippen LogP contribution in [0.5, 0.6) is 0 Å². The summed E-state index contributed by atoms with van der Waals surface area (Å²) in [5, 5.41) is 8.34. The van der Waals surface area contributed by atoms with Gasteiger partial charge in [0, 0.05) is 17.1 Å². The summed E-state index contributed by atoms with van der Waals surface area (Å²) in [6.07, 6.45) is 2.51. The van der Waals surface area contributed by atoms with E-state index in [9.17, 15) is 4.79 Å². The maximum Gasteiger partial charge on any atom is 0.239 e. The summed E-state index contributed by atoms with van der Waals surface area (Å²) in [6, 6.07) is 14.4. The molecule has 1 aromatic carbocycles. The Morgan fingerprint density at radius 3 is 2.44 bits per heavy atom. The highest BCUT2D eigenvalue weighted by atomic mass is 35.5. The topological polar surface area (TPSA) is 44.4 Å². The molecule has 0 saturated carbocycles. The van der Waals surface area contributed by atoms with E-state index in [4.69, 9.17) is 0 Å². The van der Waals surface area contributed by atoms with Gasteiger partial charge in [-0.3, -0.25) is 9.69 Å². The molecular formula is C18H25Cl2N3OS. The Labute approximate surface area is 165 Å². The van der Waals surface area contributed by atoms with Gasteiger partial charge in [-0.2, -0.15) is 0 Å². The first kappa shape index (κ1) is 21.8. The van der Waals surface area contributed by atoms with Gasteiger partial charge in [-0.25, -0.2) is 0 Å². The third-order valence-corrected chi connectivity index (χ3v) is 5.15. The highest BCUT2D eigenvalue weighted by Gasteiger charge is 2.24. The van der Waals surface area contributed by atoms with Crippen LogP contribution in [-0.4, -0.2) is 37.0 Å². The number of carbonyl (C=O) groups excluding carboxylic acids is 1. The van der Waals surface area contributed by atoms with E-state index in [-0.39, 0.29) is 30.7 Å². The van der Waals surface area contributed by atoms with E-state index in [1.807, 2.05) is 30.3 Å². The van der Waals surface area contributed by atoms with Gasteiger partial charge in [0.1, 0.15) is 0 Å². The van der Waals surface area contributed by atoms with Crippen LogP contribution in [0.1, 0.15) is 23.8 Å². The molecule has 0 radical (unpaired) electrons. The van der Waals surface area contributed by atoms with Crippen LogP contribution in [0.25, 0.3) is 0 Å². The maximum atomic E-state index is 12.1. The van der Waals surface area contributed by atoms with Gasteiger partial charge in [-0.05, 0) is 49.5 Å². The predicted molar refractivity (Wildman–Crippen MR) is 110 cm³/mol. The highest BCUT2D eigenvalue weighted by Crippen LogP contribution is 2.27. The number of nitrogens with zero attached hydrogens (tertiary/aromatic N) is 1. The van der Waals surface area contributed by atoms with Crippen LogP contribution in [0, 0.1) is 0 Å². The number of halogens is 2. The number of rotatable bonds is 7. The zero-order chi connectivity index (χ0) is 15.9. The zero-order valence-electron chi connectivity index (χ0n) is 14.0. The van der Waals surface area contributed by atoms with Crippen molar-refractivity contribution in [2.75, 3.05) is 31.5 Å². The second kappa shape index (κ2) is 11.4. The first-order chi connectivity index (χ1) is 11.3. The monoisotopic (exact) mass is 401 g/mol. The Balaban J connectivity index is 0.00000156. The molecule has 3 rings (SSSR count). The molecule has 2 aromatic rings. The third kappa shape index (κ3) is 6.51. The molecule has 1 aliphatic heterocycles. The molecule has 1 amide bonds. The average Bonchev–Trinajstić information content (AvgIpc) is 3.28. The summed E-state index contributed by atoms with van der Waals surface area (Å²) >= 11 is 1.77. The number of benzene rings is 1. The second-order valence-corrected chi connectivity index (χ2v) is 6.78. The number of hydrogen-bond donors (Lipinski definition) is 2. The lowest BCUT2D eigenvalue weighted by molar-refractivity contribution is -0.119. The Bertz CT molecular complexity index is 604. The molecule has 1 aromatic heterocycles. The van der Waals surface area contributed by atoms with Crippen LogP contribution in [0.15, 0.2) is 47.8 Å². The van der Waals surface area contributed by atoms with Crippen molar-refractivity contribution in [3.63, 3.8) is 0 Å². The van der Waals surface area contributed by atoms with E-state index in [0.29, 0.717) is 19.1 Å². The molecule has 2 N–H and O–H groups in total. The Hall–Kier alpha value is -1.27. The minimum Gasteiger partial charge on any atom is -0.376 e. The smallest absolute Gasteiger partial charge is 0.239 e. The average molecular weight is 402 g/mol. The van der Waals surface area contributed by atoms with Gasteiger partial charge in [0.25, 0.3) is 0 Å². The first-order valence-electron chi connectivity index (χ1n) is 8.16. The predicted octanol–water partition coefficient (Wildman–Crippen LogP) is 3.96. The number of para-hydroxylation sites is 1. The van der Waals surface area contributed by atoms with Crippen LogP contribution in [-0.2, 0) is 4.79 Å². The standard InChI is InChI=1S/C18H23N3OS.2ClH/c22-18(14-19-15-7-2-1-3-8-15)20-13-16(17-9-6-12-23-17)21-10-4-5-11-21;;/h1-3,6-9,12,16,19H,4-5,10-11,13-14H2,(H,20,22);2*1H. The number of likely N-dealkylation sites (tertiary alicyclic amines) is 1. The zero-order valence-corrected chi connectivity index (χ0v) is 16.5. The van der Waals surface area contributed by atoms with Gasteiger partial charge in [-0.1, -0.05) is 24.3 Å². The summed E-state index contributed by atoms with van der Waals surface area (Å²) in [4.78, 5) is 15.9. The van der Waals surface area contributed by atoms with E-state index in [0.717, 1.165) is 18.8 Å². The summed E-state index contributed by atoms with van der Waals surface area (Å²) < 4.78 is 0. The maximum absolute atomic E-state index is 12.1. The van der Waals surface area contributed by atoms with Gasteiger partial charge in [0.2, 0.25) is 5.91 Å². The highest BCUT2D eigenvalue weighted by molar-refractivity contribution is 7.10. The van der Waals surface area contributed by atoms with Crippen molar-refractivity contribution >= 4 is 47.7 Å². The first-order valence-corrected chi connectivity index (χ1v) is 9.04. The summed E-state index contributed by atoms with van der Waals surface area (Å²) in [7, 11) is 0. The SMILES string of the molecule is Cl.Cl.O=C(CNc1ccccc1)NCC(c1cccs1)N1CCCC1. The van der Waals surface area contributed by atoms with E-state index in [2.05, 4.69) is 33.0 Å². The molecule has 0 spiro atoms. The van der Waals surface area contributed by atoms with Crippen molar-refractivity contribution < 1.29 is 4.79 Å². The molecular weight excluding hydrogens is 377 g/mol. The van der Waals surface area contributed by atoms with Crippen LogP contribution >= 0.6 is 36.2 Å². The molecule has 0 aliphatic carbocycles. The van der Waals surface area contributed by atoms with Crippen molar-refractivity contribution in [1.82, 2.24) is 10.2 Å². The van der Waals surface area contributed by atoms with Gasteiger partial charge in [0.05, 0.1) is 12.6 Å². The Kier molecular flexibility index (Phi) is 9.90. The molecule has 138 valence electrons. The van der Waals surface area contributed by atoms with Crippen LogP contribution < -0.4 is 10.6 Å². The summed E-state index contributed by atoms with van der Waals surface area (Å²) in [5.41, 5.74) is 0.969. The largest absolute Gasteiger partial charge is 0.376 e. The fraction of sp³-hybridized carbons (Fsp3) is 0.389. The fourth-order valence-electron chi connectivity index (χ4n) is 2.96. The van der Waals surface area contributed by atoms with Crippen molar-refractivity contribution in [3.05, 3.63) is 52.7 Å². The molecule has 1 unspecified atom stereocenters. The second-order valence-electron chi connectivity index (χ2n) is 5.80. The molecule has 1 atom stereocenters. The molecule has 7 heteroatoms. The number of amides is 1. The third-order valence-electron chi connectivity index (χ3n) is 4.17. The Morgan fingerprint density at radius 1 is 1.08 bits per heavy atom. The molecule has 1 saturated heterocycles. The minimum absolute atomic E-state index is 0. The number of hydrogen-bond acceptors (Lipinski definition) is 4. The van der Waals surface area contributed by atoms with Gasteiger partial charge < -0.3 is 10.6 Å². The molecule has 25 heavy (non-hydrogen) atoms. The fourth-order valence-corrected chi connectivity index (χ4v) is 3.82. The quantitative estimate of drug-likeness (QED) is 0.737. The number of thiophene rings is 1. The van der Waals surface area contributed by atoms with Crippen LogP contribution in [0.3, 0.4) is 0 Å².